The van der Waals surface area contributed by atoms with Crippen molar-refractivity contribution >= 4 is 23.4 Å². The summed E-state index contributed by atoms with van der Waals surface area (Å²) in [6.45, 7) is 2.53. The summed E-state index contributed by atoms with van der Waals surface area (Å²) < 4.78 is 0. The number of nitrogens with one attached hydrogen (secondary N) is 1. The van der Waals surface area contributed by atoms with Gasteiger partial charge in [0.25, 0.3) is 5.91 Å². The first-order valence-electron chi connectivity index (χ1n) is 11.7. The smallest absolute Gasteiger partial charge is 0.325 e. The Hall–Kier alpha value is -5.14. The predicted molar refractivity (Wildman–Crippen MR) is 133 cm³/mol. The zero-order valence-corrected chi connectivity index (χ0v) is 20.7. The third kappa shape index (κ3) is 3.41. The minimum absolute atomic E-state index is 0.0499. The first-order chi connectivity index (χ1) is 18.7. The standard InChI is InChI=1S/C27H21NO12/c1-6-3-9-14(21(33)12(6)26(38)28-7(2)27(39)40)15-16(25(37)20(9)32)24(36)18-17(23(15)35)19(31)10-4-8(29)5-11(30)13(10)22(18)34/h3-5,7,20,25,29-30,32-33,35-37H,1-2H3,(H,28,38)(H,39,40)/t7-,20+,25+/m1/s1. The maximum atomic E-state index is 13.4. The number of carbonyl (C=O) groups is 4. The molecule has 1 amide bonds. The van der Waals surface area contributed by atoms with E-state index in [0.717, 1.165) is 12.1 Å². The molecule has 3 aromatic rings. The lowest BCUT2D eigenvalue weighted by Crippen LogP contribution is -2.38. The Kier molecular flexibility index (Phi) is 5.75. The Bertz CT molecular complexity index is 1720. The van der Waals surface area contributed by atoms with E-state index in [2.05, 4.69) is 5.32 Å². The molecule has 0 fully saturated rings. The molecule has 0 unspecified atom stereocenters. The van der Waals surface area contributed by atoms with Gasteiger partial charge in [-0.3, -0.25) is 19.2 Å². The average molecular weight is 551 g/mol. The van der Waals surface area contributed by atoms with Gasteiger partial charge in [0.1, 0.15) is 47.0 Å². The number of hydrogen-bond acceptors (Lipinski definition) is 11. The Morgan fingerprint density at radius 3 is 2.05 bits per heavy atom. The fraction of sp³-hybridized carbons (Fsp3) is 0.185. The third-order valence-electron chi connectivity index (χ3n) is 7.15. The number of phenols is 5. The highest BCUT2D eigenvalue weighted by atomic mass is 16.4. The van der Waals surface area contributed by atoms with Gasteiger partial charge >= 0.3 is 5.97 Å². The molecule has 13 nitrogen and oxygen atoms in total. The van der Waals surface area contributed by atoms with Crippen LogP contribution < -0.4 is 5.32 Å². The van der Waals surface area contributed by atoms with E-state index >= 15 is 0 Å². The number of aliphatic hydroxyl groups is 2. The van der Waals surface area contributed by atoms with E-state index < -0.39 is 115 Å². The largest absolute Gasteiger partial charge is 0.508 e. The average Bonchev–Trinajstić information content (AvgIpc) is 2.86. The summed E-state index contributed by atoms with van der Waals surface area (Å²) in [6, 6.07) is 1.48. The molecule has 0 aliphatic heterocycles. The van der Waals surface area contributed by atoms with Crippen LogP contribution in [-0.4, -0.2) is 70.3 Å². The van der Waals surface area contributed by atoms with Crippen LogP contribution in [0.4, 0.5) is 0 Å². The first-order valence-corrected chi connectivity index (χ1v) is 11.7. The summed E-state index contributed by atoms with van der Waals surface area (Å²) in [6.07, 6.45) is -3.86. The molecule has 0 bridgehead atoms. The third-order valence-corrected chi connectivity index (χ3v) is 7.15. The number of aromatic hydroxyl groups is 5. The van der Waals surface area contributed by atoms with Crippen LogP contribution in [0.1, 0.15) is 78.0 Å². The minimum Gasteiger partial charge on any atom is -0.508 e. The predicted octanol–water partition coefficient (Wildman–Crippen LogP) is 1.25. The van der Waals surface area contributed by atoms with Crippen LogP contribution in [0.3, 0.4) is 0 Å². The summed E-state index contributed by atoms with van der Waals surface area (Å²) in [4.78, 5) is 50.9. The van der Waals surface area contributed by atoms with E-state index in [1.54, 1.807) is 0 Å². The van der Waals surface area contributed by atoms with Gasteiger partial charge in [-0.15, -0.1) is 0 Å². The maximum absolute atomic E-state index is 13.4. The second-order valence-corrected chi connectivity index (χ2v) is 9.59. The summed E-state index contributed by atoms with van der Waals surface area (Å²) in [7, 11) is 0. The van der Waals surface area contributed by atoms with Gasteiger partial charge in [-0.05, 0) is 31.0 Å². The fourth-order valence-electron chi connectivity index (χ4n) is 5.28. The zero-order chi connectivity index (χ0) is 29.5. The van der Waals surface area contributed by atoms with E-state index in [1.807, 2.05) is 0 Å². The molecule has 0 saturated heterocycles. The molecular formula is C27H21NO12. The molecule has 0 radical (unpaired) electrons. The normalized spacial score (nSPS) is 17.8. The van der Waals surface area contributed by atoms with Crippen molar-refractivity contribution in [3.05, 3.63) is 62.7 Å². The van der Waals surface area contributed by atoms with Gasteiger partial charge in [0.05, 0.1) is 22.3 Å². The van der Waals surface area contributed by atoms with Gasteiger partial charge in [-0.1, -0.05) is 6.07 Å². The van der Waals surface area contributed by atoms with Crippen molar-refractivity contribution in [2.45, 2.75) is 32.1 Å². The SMILES string of the molecule is Cc1cc2c(c(O)c1C(=O)N[C@H](C)C(=O)O)-c1c(O)c3c(c(O)c1[C@H](O)[C@H]2O)C(=O)c1c(O)cc(O)cc1C3=O. The highest BCUT2D eigenvalue weighted by Crippen LogP contribution is 2.58. The molecule has 40 heavy (non-hydrogen) atoms. The Morgan fingerprint density at radius 2 is 1.43 bits per heavy atom. The number of carboxylic acid groups (broad SMARTS) is 1. The van der Waals surface area contributed by atoms with Crippen molar-refractivity contribution in [2.75, 3.05) is 0 Å². The highest BCUT2D eigenvalue weighted by Gasteiger charge is 2.45. The molecule has 2 aliphatic rings. The Balaban J connectivity index is 1.84. The Labute approximate surface area is 223 Å². The molecule has 0 saturated carbocycles. The number of carboxylic acids is 1. The van der Waals surface area contributed by atoms with Crippen molar-refractivity contribution in [3.63, 3.8) is 0 Å². The number of fused-ring (bicyclic) bond motifs is 5. The number of benzene rings is 3. The molecule has 206 valence electrons. The number of carbonyl (C=O) groups excluding carboxylic acids is 3. The quantitative estimate of drug-likeness (QED) is 0.163. The van der Waals surface area contributed by atoms with E-state index in [4.69, 9.17) is 5.11 Å². The van der Waals surface area contributed by atoms with Crippen LogP contribution in [0.5, 0.6) is 28.7 Å². The van der Waals surface area contributed by atoms with Gasteiger partial charge in [-0.25, -0.2) is 0 Å². The van der Waals surface area contributed by atoms with Crippen molar-refractivity contribution in [1.82, 2.24) is 5.32 Å². The van der Waals surface area contributed by atoms with Crippen molar-refractivity contribution in [2.24, 2.45) is 0 Å². The van der Waals surface area contributed by atoms with Crippen LogP contribution in [0, 0.1) is 6.92 Å². The van der Waals surface area contributed by atoms with Crippen molar-refractivity contribution in [1.29, 1.82) is 0 Å². The van der Waals surface area contributed by atoms with Crippen LogP contribution >= 0.6 is 0 Å². The van der Waals surface area contributed by atoms with E-state index in [9.17, 15) is 54.9 Å². The van der Waals surface area contributed by atoms with Crippen molar-refractivity contribution < 1.29 is 60.0 Å². The number of aliphatic carboxylic acids is 1. The van der Waals surface area contributed by atoms with E-state index in [0.29, 0.717) is 0 Å². The molecule has 0 spiro atoms. The maximum Gasteiger partial charge on any atom is 0.325 e. The Morgan fingerprint density at radius 1 is 0.800 bits per heavy atom. The van der Waals surface area contributed by atoms with Crippen LogP contribution in [0.2, 0.25) is 0 Å². The molecule has 9 N–H and O–H groups in total. The minimum atomic E-state index is -2.00. The van der Waals surface area contributed by atoms with E-state index in [-0.39, 0.29) is 11.1 Å². The molecular weight excluding hydrogens is 530 g/mol. The molecule has 3 aromatic carbocycles. The topological polar surface area (TPSA) is 242 Å². The second-order valence-electron chi connectivity index (χ2n) is 9.59. The number of rotatable bonds is 3. The monoisotopic (exact) mass is 551 g/mol. The summed E-state index contributed by atoms with van der Waals surface area (Å²) in [5.74, 6) is -8.95. The van der Waals surface area contributed by atoms with Crippen LogP contribution in [0.25, 0.3) is 11.1 Å². The lowest BCUT2D eigenvalue weighted by Gasteiger charge is -2.34. The molecule has 3 atom stereocenters. The van der Waals surface area contributed by atoms with Gasteiger partial charge in [0.2, 0.25) is 5.78 Å². The van der Waals surface area contributed by atoms with Crippen molar-refractivity contribution in [3.8, 4) is 39.9 Å². The molecule has 2 aliphatic carbocycles. The molecule has 13 heteroatoms. The van der Waals surface area contributed by atoms with E-state index in [1.165, 1.54) is 19.9 Å². The number of aliphatic hydroxyl groups excluding tert-OH is 2. The molecule has 0 aromatic heterocycles. The van der Waals surface area contributed by atoms with Gasteiger partial charge in [0.15, 0.2) is 5.78 Å². The van der Waals surface area contributed by atoms with Crippen LogP contribution in [0.15, 0.2) is 18.2 Å². The van der Waals surface area contributed by atoms with Gasteiger partial charge < -0.3 is 46.2 Å². The number of amides is 1. The summed E-state index contributed by atoms with van der Waals surface area (Å²) in [5.41, 5.74) is -4.97. The number of ketones is 2. The zero-order valence-electron chi connectivity index (χ0n) is 20.7. The van der Waals surface area contributed by atoms with Gasteiger partial charge in [-0.2, -0.15) is 0 Å². The lowest BCUT2D eigenvalue weighted by molar-refractivity contribution is -0.138. The highest BCUT2D eigenvalue weighted by molar-refractivity contribution is 6.32. The second kappa shape index (κ2) is 8.69. The number of aryl methyl sites for hydroxylation is 1. The summed E-state index contributed by atoms with van der Waals surface area (Å²) in [5, 5.41) is 87.0. The first kappa shape index (κ1) is 26.5. The summed E-state index contributed by atoms with van der Waals surface area (Å²) >= 11 is 0. The van der Waals surface area contributed by atoms with Crippen LogP contribution in [-0.2, 0) is 4.79 Å². The molecule has 0 heterocycles. The fourth-order valence-corrected chi connectivity index (χ4v) is 5.28. The number of phenolic OH excluding ortho intramolecular Hbond substituents is 5. The molecule has 5 rings (SSSR count). The lowest BCUT2D eigenvalue weighted by atomic mass is 9.73. The number of hydrogen-bond donors (Lipinski definition) is 9. The van der Waals surface area contributed by atoms with Gasteiger partial charge in [0, 0.05) is 28.3 Å².